The topological polar surface area (TPSA) is 166 Å². The lowest BCUT2D eigenvalue weighted by molar-refractivity contribution is -0.192. The van der Waals surface area contributed by atoms with Crippen molar-refractivity contribution >= 4 is 47.0 Å². The summed E-state index contributed by atoms with van der Waals surface area (Å²) in [5, 5.41) is 23.5. The Hall–Kier alpha value is -3.10. The number of para-hydroxylation sites is 1. The summed E-state index contributed by atoms with van der Waals surface area (Å²) in [5.41, 5.74) is 5.77. The van der Waals surface area contributed by atoms with E-state index >= 15 is 0 Å². The summed E-state index contributed by atoms with van der Waals surface area (Å²) in [7, 11) is 2.99. The highest BCUT2D eigenvalue weighted by molar-refractivity contribution is 8.01. The van der Waals surface area contributed by atoms with Gasteiger partial charge < -0.3 is 20.9 Å². The van der Waals surface area contributed by atoms with Crippen LogP contribution in [-0.2, 0) is 32.6 Å². The summed E-state index contributed by atoms with van der Waals surface area (Å²) < 4.78 is 6.94. The van der Waals surface area contributed by atoms with Gasteiger partial charge in [0.1, 0.15) is 11.1 Å². The average Bonchev–Trinajstić information content (AvgIpc) is 3.21. The predicted octanol–water partition coefficient (Wildman–Crippen LogP) is -0.160. The van der Waals surface area contributed by atoms with E-state index in [0.717, 1.165) is 0 Å². The van der Waals surface area contributed by atoms with Crippen LogP contribution in [0.5, 0.6) is 0 Å². The summed E-state index contributed by atoms with van der Waals surface area (Å²) in [6.45, 7) is 0. The molecule has 1 saturated heterocycles. The van der Waals surface area contributed by atoms with E-state index in [0.29, 0.717) is 33.5 Å². The number of methoxy groups -OCH3 is 1. The summed E-state index contributed by atoms with van der Waals surface area (Å²) in [6, 6.07) is 6.93. The molecule has 3 heterocycles. The van der Waals surface area contributed by atoms with E-state index in [4.69, 9.17) is 10.5 Å². The van der Waals surface area contributed by atoms with Crippen molar-refractivity contribution in [1.29, 1.82) is 0 Å². The fourth-order valence-corrected chi connectivity index (χ4v) is 6.10. The lowest BCUT2D eigenvalue weighted by Crippen LogP contribution is -2.80. The molecule has 0 aliphatic carbocycles. The van der Waals surface area contributed by atoms with Gasteiger partial charge >= 0.3 is 5.97 Å². The van der Waals surface area contributed by atoms with Crippen molar-refractivity contribution in [3.05, 3.63) is 41.1 Å². The van der Waals surface area contributed by atoms with Crippen LogP contribution in [0.2, 0.25) is 0 Å². The van der Waals surface area contributed by atoms with Crippen molar-refractivity contribution in [2.24, 2.45) is 7.05 Å². The smallest absolute Gasteiger partial charge is 0.352 e. The lowest BCUT2D eigenvalue weighted by atomic mass is 9.97. The highest BCUT2D eigenvalue weighted by atomic mass is 32.2. The van der Waals surface area contributed by atoms with Crippen molar-refractivity contribution in [1.82, 2.24) is 30.4 Å². The molecule has 4 rings (SSSR count). The minimum absolute atomic E-state index is 0.0439. The third-order valence-electron chi connectivity index (χ3n) is 5.32. The summed E-state index contributed by atoms with van der Waals surface area (Å²) >= 11 is 2.59. The quantitative estimate of drug-likeness (QED) is 0.194. The number of nitrogens with zero attached hydrogens (tertiary/aromatic N) is 5. The van der Waals surface area contributed by atoms with Gasteiger partial charge in [-0.3, -0.25) is 14.5 Å². The first-order valence-electron chi connectivity index (χ1n) is 9.73. The van der Waals surface area contributed by atoms with Gasteiger partial charge in [0, 0.05) is 31.4 Å². The number of aliphatic carboxylic acids is 1. The second-order valence-corrected chi connectivity index (χ2v) is 9.34. The Balaban J connectivity index is 1.53. The molecule has 2 aromatic rings. The van der Waals surface area contributed by atoms with Crippen LogP contribution in [-0.4, -0.2) is 77.7 Å². The second-order valence-electron chi connectivity index (χ2n) is 7.33. The van der Waals surface area contributed by atoms with E-state index in [2.05, 4.69) is 20.8 Å². The van der Waals surface area contributed by atoms with Gasteiger partial charge in [-0.2, -0.15) is 0 Å². The molecule has 4 N–H and O–H groups in total. The van der Waals surface area contributed by atoms with Gasteiger partial charge in [0.15, 0.2) is 0 Å². The molecule has 12 nitrogen and oxygen atoms in total. The molecule has 174 valence electrons. The third kappa shape index (κ3) is 4.05. The van der Waals surface area contributed by atoms with Crippen molar-refractivity contribution in [3.63, 3.8) is 0 Å². The number of anilines is 1. The number of hydrogen-bond donors (Lipinski definition) is 3. The lowest BCUT2D eigenvalue weighted by Gasteiger charge is -2.55. The van der Waals surface area contributed by atoms with Crippen LogP contribution in [0.4, 0.5) is 5.69 Å². The van der Waals surface area contributed by atoms with E-state index in [9.17, 15) is 19.5 Å². The molecule has 2 amide bonds. The number of nitrogens with one attached hydrogen (secondary N) is 1. The molecular weight excluding hydrogens is 470 g/mol. The van der Waals surface area contributed by atoms with Crippen LogP contribution in [0.1, 0.15) is 5.56 Å². The van der Waals surface area contributed by atoms with Crippen molar-refractivity contribution < 1.29 is 24.2 Å². The van der Waals surface area contributed by atoms with Gasteiger partial charge in [-0.15, -0.1) is 16.9 Å². The zero-order chi connectivity index (χ0) is 23.8. The maximum atomic E-state index is 13.2. The number of aryl methyl sites for hydroxylation is 1. The van der Waals surface area contributed by atoms with Crippen LogP contribution in [0.3, 0.4) is 0 Å². The number of rotatable bonds is 8. The van der Waals surface area contributed by atoms with Crippen LogP contribution in [0.15, 0.2) is 40.7 Å². The molecule has 14 heteroatoms. The van der Waals surface area contributed by atoms with Crippen molar-refractivity contribution in [2.75, 3.05) is 24.3 Å². The van der Waals surface area contributed by atoms with Crippen LogP contribution in [0, 0.1) is 0 Å². The molecule has 0 bridgehead atoms. The van der Waals surface area contributed by atoms with Crippen molar-refractivity contribution in [3.8, 4) is 0 Å². The zero-order valence-electron chi connectivity index (χ0n) is 17.7. The maximum Gasteiger partial charge on any atom is 0.352 e. The number of thioether (sulfide) groups is 2. The highest BCUT2D eigenvalue weighted by Gasteiger charge is 2.66. The Morgan fingerprint density at radius 1 is 1.42 bits per heavy atom. The zero-order valence-corrected chi connectivity index (χ0v) is 19.4. The molecule has 1 aromatic carbocycles. The number of nitrogen functional groups attached to an aromatic ring is 1. The summed E-state index contributed by atoms with van der Waals surface area (Å²) in [5.74, 6) is -1.70. The minimum atomic E-state index is -1.65. The monoisotopic (exact) mass is 491 g/mol. The van der Waals surface area contributed by atoms with Gasteiger partial charge in [-0.25, -0.2) is 9.48 Å². The number of fused-ring (bicyclic) bond motifs is 1. The van der Waals surface area contributed by atoms with Gasteiger partial charge in [0.25, 0.3) is 11.6 Å². The van der Waals surface area contributed by atoms with Gasteiger partial charge in [0.2, 0.25) is 11.1 Å². The minimum Gasteiger partial charge on any atom is -0.477 e. The number of nitrogens with two attached hydrogens (primary N) is 1. The Bertz CT molecular complexity index is 1150. The second kappa shape index (κ2) is 9.03. The number of carboxylic acids is 1. The van der Waals surface area contributed by atoms with E-state index in [-0.39, 0.29) is 12.1 Å². The first-order valence-corrected chi connectivity index (χ1v) is 11.8. The maximum absolute atomic E-state index is 13.2. The Morgan fingerprint density at radius 3 is 2.82 bits per heavy atom. The van der Waals surface area contributed by atoms with E-state index in [1.807, 2.05) is 0 Å². The first-order chi connectivity index (χ1) is 15.8. The van der Waals surface area contributed by atoms with E-state index < -0.39 is 28.9 Å². The van der Waals surface area contributed by atoms with E-state index in [1.54, 1.807) is 31.3 Å². The normalized spacial score (nSPS) is 22.1. The predicted molar refractivity (Wildman–Crippen MR) is 120 cm³/mol. The van der Waals surface area contributed by atoms with Crippen LogP contribution < -0.4 is 11.1 Å². The number of amides is 2. The molecule has 2 atom stereocenters. The molecule has 33 heavy (non-hydrogen) atoms. The van der Waals surface area contributed by atoms with E-state index in [1.165, 1.54) is 40.2 Å². The fourth-order valence-electron chi connectivity index (χ4n) is 3.67. The number of carboxylic acid groups (broad SMARTS) is 1. The molecule has 0 unspecified atom stereocenters. The molecule has 2 aliphatic rings. The van der Waals surface area contributed by atoms with Gasteiger partial charge in [-0.1, -0.05) is 30.0 Å². The number of β-lactam (4-membered cyclic amide) rings is 1. The number of tetrazole rings is 1. The first kappa shape index (κ1) is 23.1. The number of aromatic nitrogens is 4. The van der Waals surface area contributed by atoms with Gasteiger partial charge in [-0.05, 0) is 27.6 Å². The molecule has 0 saturated carbocycles. The SMILES string of the molecule is CO[C@@]1(NC(=O)Cc2ccccc2N)C(=O)N2C(C(=O)O)=C(CSc3nnnn3C)CS[C@@H]21. The largest absolute Gasteiger partial charge is 0.477 e. The Morgan fingerprint density at radius 2 is 2.18 bits per heavy atom. The average molecular weight is 492 g/mol. The molecule has 2 aliphatic heterocycles. The number of hydrogen-bond acceptors (Lipinski definition) is 10. The molecule has 0 spiro atoms. The number of carbonyl (C=O) groups is 3. The van der Waals surface area contributed by atoms with Gasteiger partial charge in [0.05, 0.1) is 6.42 Å². The van der Waals surface area contributed by atoms with Crippen molar-refractivity contribution in [2.45, 2.75) is 22.7 Å². The molecule has 1 fully saturated rings. The summed E-state index contributed by atoms with van der Waals surface area (Å²) in [6.07, 6.45) is -0.0439. The highest BCUT2D eigenvalue weighted by Crippen LogP contribution is 2.47. The Kier molecular flexibility index (Phi) is 6.32. The third-order valence-corrected chi connectivity index (χ3v) is 7.79. The standard InChI is InChI=1S/C19H21N7O5S2/c1-25-18(22-23-24-25)33-9-11-8-32-17-19(31-2,16(30)26(17)14(11)15(28)29)21-13(27)7-10-5-3-4-6-12(10)20/h3-6,17H,7-9,20H2,1-2H3,(H,21,27)(H,28,29)/t17-,19+/m1/s1. The molecule has 1 aromatic heterocycles. The van der Waals surface area contributed by atoms with Crippen LogP contribution in [0.25, 0.3) is 0 Å². The van der Waals surface area contributed by atoms with Crippen LogP contribution >= 0.6 is 23.5 Å². The number of ether oxygens (including phenoxy) is 1. The number of benzene rings is 1. The number of carbonyl (C=O) groups excluding carboxylic acids is 2. The summed E-state index contributed by atoms with van der Waals surface area (Å²) in [4.78, 5) is 39.1. The molecule has 0 radical (unpaired) electrons. The Labute approximate surface area is 196 Å². The fraction of sp³-hybridized carbons (Fsp3) is 0.368. The molecular formula is C19H21N7O5S2.